The van der Waals surface area contributed by atoms with Crippen molar-refractivity contribution in [3.05, 3.63) is 0 Å². The first-order valence-corrected chi connectivity index (χ1v) is 6.40. The van der Waals surface area contributed by atoms with Gasteiger partial charge in [-0.15, -0.1) is 0 Å². The zero-order valence-corrected chi connectivity index (χ0v) is 9.34. The molecule has 0 saturated carbocycles. The summed E-state index contributed by atoms with van der Waals surface area (Å²) in [6, 6.07) is 2.85. The maximum Gasteiger partial charge on any atom is 0.156 e. The van der Waals surface area contributed by atoms with E-state index >= 15 is 0 Å². The van der Waals surface area contributed by atoms with Crippen molar-refractivity contribution in [1.29, 1.82) is 0 Å². The highest BCUT2D eigenvalue weighted by Crippen LogP contribution is 2.04. The lowest BCUT2D eigenvalue weighted by Crippen LogP contribution is -2.12. The van der Waals surface area contributed by atoms with Crippen LogP contribution in [0.4, 0.5) is 0 Å². The molecule has 68 valence electrons. The summed E-state index contributed by atoms with van der Waals surface area (Å²) in [6.07, 6.45) is 2.35. The lowest BCUT2D eigenvalue weighted by Gasteiger charge is -2.12. The van der Waals surface area contributed by atoms with E-state index in [0.717, 1.165) is 6.42 Å². The van der Waals surface area contributed by atoms with Gasteiger partial charge in [0.05, 0.1) is 0 Å². The smallest absolute Gasteiger partial charge is 0.156 e. The Labute approximate surface area is 72.1 Å². The Morgan fingerprint density at radius 3 is 2.36 bits per heavy atom. The highest BCUT2D eigenvalue weighted by molar-refractivity contribution is 6.35. The van der Waals surface area contributed by atoms with Gasteiger partial charge in [0, 0.05) is 23.7 Å². The molecule has 0 aromatic carbocycles. The number of hydrogen-bond donors (Lipinski definition) is 0. The van der Waals surface area contributed by atoms with Crippen LogP contribution in [0.15, 0.2) is 0 Å². The average Bonchev–Trinajstić information content (AvgIpc) is 2.05. The third-order valence-electron chi connectivity index (χ3n) is 1.82. The van der Waals surface area contributed by atoms with Crippen LogP contribution in [0.1, 0.15) is 19.8 Å². The second-order valence-corrected chi connectivity index (χ2v) is 5.16. The van der Waals surface area contributed by atoms with Gasteiger partial charge >= 0.3 is 0 Å². The fourth-order valence-electron chi connectivity index (χ4n) is 1.07. The number of ether oxygens (including phenoxy) is 2. The molecule has 11 heavy (non-hydrogen) atoms. The van der Waals surface area contributed by atoms with Crippen molar-refractivity contribution in [1.82, 2.24) is 0 Å². The maximum atomic E-state index is 5.07. The molecule has 0 aliphatic heterocycles. The molecule has 0 aliphatic carbocycles. The highest BCUT2D eigenvalue weighted by Gasteiger charge is 2.02. The standard InChI is InChI=1S/C8H20O2Si/c1-4-11-7-5-6-8(9-2)10-3/h8H,4-7,11H2,1-3H3. The van der Waals surface area contributed by atoms with Crippen LogP contribution in [0.3, 0.4) is 0 Å². The van der Waals surface area contributed by atoms with E-state index in [9.17, 15) is 0 Å². The summed E-state index contributed by atoms with van der Waals surface area (Å²) >= 11 is 0. The third kappa shape index (κ3) is 6.53. The molecule has 0 radical (unpaired) electrons. The Hall–Kier alpha value is 0.137. The van der Waals surface area contributed by atoms with Crippen molar-refractivity contribution in [2.45, 2.75) is 38.1 Å². The molecule has 0 N–H and O–H groups in total. The zero-order valence-electron chi connectivity index (χ0n) is 7.93. The van der Waals surface area contributed by atoms with Gasteiger partial charge in [-0.05, 0) is 6.42 Å². The molecule has 0 bridgehead atoms. The van der Waals surface area contributed by atoms with Crippen molar-refractivity contribution < 1.29 is 9.47 Å². The SMILES string of the molecule is CC[SiH2]CCCC(OC)OC. The minimum absolute atomic E-state index is 0.0286. The summed E-state index contributed by atoms with van der Waals surface area (Å²) in [5.74, 6) is 0. The van der Waals surface area contributed by atoms with Gasteiger partial charge in [0.25, 0.3) is 0 Å². The molecule has 0 aliphatic rings. The van der Waals surface area contributed by atoms with Crippen LogP contribution in [0.2, 0.25) is 12.1 Å². The molecule has 0 saturated heterocycles. The average molecular weight is 176 g/mol. The predicted molar refractivity (Wildman–Crippen MR) is 50.9 cm³/mol. The maximum absolute atomic E-state index is 5.07. The second kappa shape index (κ2) is 8.24. The van der Waals surface area contributed by atoms with E-state index in [1.807, 2.05) is 0 Å². The van der Waals surface area contributed by atoms with E-state index in [4.69, 9.17) is 9.47 Å². The van der Waals surface area contributed by atoms with Gasteiger partial charge in [-0.1, -0.05) is 25.4 Å². The first kappa shape index (κ1) is 11.1. The van der Waals surface area contributed by atoms with Gasteiger partial charge in [-0.3, -0.25) is 0 Å². The number of hydrogen-bond acceptors (Lipinski definition) is 2. The Bertz CT molecular complexity index is 74.5. The van der Waals surface area contributed by atoms with Crippen LogP contribution in [-0.4, -0.2) is 30.0 Å². The Morgan fingerprint density at radius 2 is 1.91 bits per heavy atom. The van der Waals surface area contributed by atoms with Gasteiger partial charge in [0.2, 0.25) is 0 Å². The summed E-state index contributed by atoms with van der Waals surface area (Å²) in [6.45, 7) is 2.27. The first-order valence-electron chi connectivity index (χ1n) is 4.40. The van der Waals surface area contributed by atoms with Gasteiger partial charge in [-0.25, -0.2) is 0 Å². The number of methoxy groups -OCH3 is 2. The van der Waals surface area contributed by atoms with Crippen LogP contribution in [0.5, 0.6) is 0 Å². The Balaban J connectivity index is 3.07. The van der Waals surface area contributed by atoms with E-state index in [2.05, 4.69) is 6.92 Å². The van der Waals surface area contributed by atoms with Crippen molar-refractivity contribution in [3.63, 3.8) is 0 Å². The molecule has 0 fully saturated rings. The fourth-order valence-corrected chi connectivity index (χ4v) is 2.21. The lowest BCUT2D eigenvalue weighted by atomic mass is 10.3. The van der Waals surface area contributed by atoms with Crippen molar-refractivity contribution in [2.24, 2.45) is 0 Å². The molecule has 0 aromatic rings. The van der Waals surface area contributed by atoms with Gasteiger partial charge < -0.3 is 9.47 Å². The molecule has 0 rings (SSSR count). The molecule has 2 nitrogen and oxygen atoms in total. The Kier molecular flexibility index (Phi) is 8.34. The van der Waals surface area contributed by atoms with Gasteiger partial charge in [0.15, 0.2) is 6.29 Å². The number of rotatable bonds is 7. The van der Waals surface area contributed by atoms with Gasteiger partial charge in [0.1, 0.15) is 0 Å². The molecular formula is C8H20O2Si. The molecule has 0 spiro atoms. The molecule has 0 atom stereocenters. The van der Waals surface area contributed by atoms with Crippen LogP contribution in [0.25, 0.3) is 0 Å². The molecule has 0 unspecified atom stereocenters. The minimum Gasteiger partial charge on any atom is -0.356 e. The molecule has 0 heterocycles. The van der Waals surface area contributed by atoms with Crippen molar-refractivity contribution in [3.8, 4) is 0 Å². The van der Waals surface area contributed by atoms with E-state index in [0.29, 0.717) is 0 Å². The summed E-state index contributed by atoms with van der Waals surface area (Å²) in [7, 11) is 3.65. The predicted octanol–water partition coefficient (Wildman–Crippen LogP) is 1.41. The highest BCUT2D eigenvalue weighted by atomic mass is 28.2. The normalized spacial score (nSPS) is 12.0. The van der Waals surface area contributed by atoms with E-state index in [-0.39, 0.29) is 15.8 Å². The quantitative estimate of drug-likeness (QED) is 0.332. The first-order chi connectivity index (χ1) is 5.35. The molecule has 0 amide bonds. The Morgan fingerprint density at radius 1 is 1.27 bits per heavy atom. The van der Waals surface area contributed by atoms with E-state index < -0.39 is 0 Å². The monoisotopic (exact) mass is 176 g/mol. The van der Waals surface area contributed by atoms with Crippen LogP contribution >= 0.6 is 0 Å². The van der Waals surface area contributed by atoms with E-state index in [1.54, 1.807) is 14.2 Å². The molecular weight excluding hydrogens is 156 g/mol. The van der Waals surface area contributed by atoms with Crippen LogP contribution in [0, 0.1) is 0 Å². The summed E-state index contributed by atoms with van der Waals surface area (Å²) < 4.78 is 10.1. The summed E-state index contributed by atoms with van der Waals surface area (Å²) in [4.78, 5) is 0. The van der Waals surface area contributed by atoms with Crippen molar-refractivity contribution in [2.75, 3.05) is 14.2 Å². The fraction of sp³-hybridized carbons (Fsp3) is 1.00. The summed E-state index contributed by atoms with van der Waals surface area (Å²) in [5.41, 5.74) is 0. The third-order valence-corrected chi connectivity index (χ3v) is 3.53. The van der Waals surface area contributed by atoms with Crippen molar-refractivity contribution >= 4 is 9.52 Å². The van der Waals surface area contributed by atoms with Crippen LogP contribution < -0.4 is 0 Å². The summed E-state index contributed by atoms with van der Waals surface area (Å²) in [5, 5.41) is 0. The van der Waals surface area contributed by atoms with Crippen LogP contribution in [-0.2, 0) is 9.47 Å². The molecule has 3 heteroatoms. The largest absolute Gasteiger partial charge is 0.356 e. The lowest BCUT2D eigenvalue weighted by molar-refractivity contribution is -0.106. The molecule has 0 aromatic heterocycles. The van der Waals surface area contributed by atoms with E-state index in [1.165, 1.54) is 18.5 Å². The minimum atomic E-state index is 0.0286. The van der Waals surface area contributed by atoms with Gasteiger partial charge in [-0.2, -0.15) is 0 Å². The second-order valence-electron chi connectivity index (χ2n) is 2.75. The topological polar surface area (TPSA) is 18.5 Å². The zero-order chi connectivity index (χ0) is 8.53.